The Bertz CT molecular complexity index is 1070. The molecule has 0 aliphatic carbocycles. The van der Waals surface area contributed by atoms with Crippen molar-refractivity contribution in [2.45, 2.75) is 45.5 Å². The van der Waals surface area contributed by atoms with Crippen LogP contribution in [0.2, 0.25) is 0 Å². The van der Waals surface area contributed by atoms with Crippen LogP contribution in [-0.2, 0) is 22.7 Å². The smallest absolute Gasteiger partial charge is 0.407 e. The molecule has 0 spiro atoms. The standard InChI is InChI=1S/C29H32N2O3/c1-3-21(2)26(30-29(33)34-20-23-15-9-5-10-16-23)25-27(24-17-11-6-12-18-24)31(28(25)32)19-22-13-7-4-8-14-22/h4-18,21,25-27H,3,19-20H2,1-2H3,(H,30,33)/t21?,25-,26-,27-/m0/s1. The van der Waals surface area contributed by atoms with Gasteiger partial charge < -0.3 is 15.0 Å². The summed E-state index contributed by atoms with van der Waals surface area (Å²) in [6, 6.07) is 29.3. The van der Waals surface area contributed by atoms with E-state index in [-0.39, 0.29) is 36.4 Å². The third-order valence-electron chi connectivity index (χ3n) is 6.72. The van der Waals surface area contributed by atoms with Crippen molar-refractivity contribution in [3.63, 3.8) is 0 Å². The van der Waals surface area contributed by atoms with Gasteiger partial charge in [-0.15, -0.1) is 0 Å². The molecule has 5 heteroatoms. The zero-order valence-corrected chi connectivity index (χ0v) is 19.8. The molecule has 1 fully saturated rings. The molecule has 1 unspecified atom stereocenters. The van der Waals surface area contributed by atoms with E-state index in [1.54, 1.807) is 0 Å². The normalized spacial score (nSPS) is 19.1. The topological polar surface area (TPSA) is 58.6 Å². The predicted molar refractivity (Wildman–Crippen MR) is 133 cm³/mol. The van der Waals surface area contributed by atoms with Crippen molar-refractivity contribution in [1.82, 2.24) is 10.2 Å². The van der Waals surface area contributed by atoms with Crippen LogP contribution in [0.15, 0.2) is 91.0 Å². The van der Waals surface area contributed by atoms with Crippen LogP contribution >= 0.6 is 0 Å². The Morgan fingerprint density at radius 3 is 2.06 bits per heavy atom. The summed E-state index contributed by atoms with van der Waals surface area (Å²) in [5.41, 5.74) is 3.09. The number of ether oxygens (including phenoxy) is 1. The third-order valence-corrected chi connectivity index (χ3v) is 6.72. The van der Waals surface area contributed by atoms with E-state index in [0.29, 0.717) is 6.54 Å². The van der Waals surface area contributed by atoms with Gasteiger partial charge >= 0.3 is 6.09 Å². The third kappa shape index (κ3) is 5.30. The molecule has 1 N–H and O–H groups in total. The van der Waals surface area contributed by atoms with Crippen molar-refractivity contribution >= 4 is 12.0 Å². The molecule has 0 saturated carbocycles. The van der Waals surface area contributed by atoms with Gasteiger partial charge in [0.05, 0.1) is 12.0 Å². The quantitative estimate of drug-likeness (QED) is 0.419. The van der Waals surface area contributed by atoms with E-state index < -0.39 is 6.09 Å². The summed E-state index contributed by atoms with van der Waals surface area (Å²) < 4.78 is 5.50. The summed E-state index contributed by atoms with van der Waals surface area (Å²) in [6.07, 6.45) is 0.350. The number of nitrogens with zero attached hydrogens (tertiary/aromatic N) is 1. The fourth-order valence-electron chi connectivity index (χ4n) is 4.66. The Morgan fingerprint density at radius 1 is 0.912 bits per heavy atom. The van der Waals surface area contributed by atoms with Crippen molar-refractivity contribution in [3.05, 3.63) is 108 Å². The van der Waals surface area contributed by atoms with Crippen molar-refractivity contribution in [2.24, 2.45) is 11.8 Å². The van der Waals surface area contributed by atoms with Crippen LogP contribution in [0, 0.1) is 11.8 Å². The first-order valence-corrected chi connectivity index (χ1v) is 11.9. The molecule has 0 radical (unpaired) electrons. The minimum Gasteiger partial charge on any atom is -0.445 e. The van der Waals surface area contributed by atoms with Gasteiger partial charge in [-0.1, -0.05) is 111 Å². The zero-order valence-electron chi connectivity index (χ0n) is 19.8. The summed E-state index contributed by atoms with van der Waals surface area (Å²) in [5.74, 6) is -0.167. The Hall–Kier alpha value is -3.60. The lowest BCUT2D eigenvalue weighted by Gasteiger charge is -2.51. The Morgan fingerprint density at radius 2 is 1.47 bits per heavy atom. The average Bonchev–Trinajstić information content (AvgIpc) is 2.89. The number of hydrogen-bond acceptors (Lipinski definition) is 3. The molecule has 1 saturated heterocycles. The maximum atomic E-state index is 13.5. The molecule has 0 bridgehead atoms. The van der Waals surface area contributed by atoms with Gasteiger partial charge in [-0.2, -0.15) is 0 Å². The monoisotopic (exact) mass is 456 g/mol. The largest absolute Gasteiger partial charge is 0.445 e. The second-order valence-corrected chi connectivity index (χ2v) is 8.95. The molecular formula is C29H32N2O3. The first-order valence-electron chi connectivity index (χ1n) is 11.9. The molecule has 4 rings (SSSR count). The molecule has 1 aliphatic heterocycles. The Kier molecular flexibility index (Phi) is 7.63. The molecule has 5 nitrogen and oxygen atoms in total. The van der Waals surface area contributed by atoms with Gasteiger partial charge in [-0.3, -0.25) is 4.79 Å². The first-order chi connectivity index (χ1) is 16.6. The number of nitrogens with one attached hydrogen (secondary N) is 1. The van der Waals surface area contributed by atoms with Crippen molar-refractivity contribution in [3.8, 4) is 0 Å². The van der Waals surface area contributed by atoms with Crippen molar-refractivity contribution in [1.29, 1.82) is 0 Å². The van der Waals surface area contributed by atoms with E-state index in [1.807, 2.05) is 83.8 Å². The van der Waals surface area contributed by atoms with Gasteiger partial charge in [0.15, 0.2) is 0 Å². The second-order valence-electron chi connectivity index (χ2n) is 8.95. The minimum atomic E-state index is -0.490. The highest BCUT2D eigenvalue weighted by molar-refractivity contribution is 5.88. The van der Waals surface area contributed by atoms with E-state index in [4.69, 9.17) is 4.74 Å². The van der Waals surface area contributed by atoms with Gasteiger partial charge in [-0.05, 0) is 22.6 Å². The number of carbonyl (C=O) groups is 2. The average molecular weight is 457 g/mol. The lowest BCUT2D eigenvalue weighted by Crippen LogP contribution is -2.63. The van der Waals surface area contributed by atoms with Crippen molar-refractivity contribution in [2.75, 3.05) is 0 Å². The highest BCUT2D eigenvalue weighted by atomic mass is 16.5. The van der Waals surface area contributed by atoms with E-state index in [9.17, 15) is 9.59 Å². The molecule has 0 aromatic heterocycles. The second kappa shape index (κ2) is 11.0. The van der Waals surface area contributed by atoms with Gasteiger partial charge in [0, 0.05) is 12.6 Å². The molecule has 1 heterocycles. The summed E-state index contributed by atoms with van der Waals surface area (Å²) in [6.45, 7) is 4.90. The Labute approximate surface area is 201 Å². The fraction of sp³-hybridized carbons (Fsp3) is 0.310. The fourth-order valence-corrected chi connectivity index (χ4v) is 4.66. The number of likely N-dealkylation sites (tertiary alicyclic amines) is 1. The molecule has 34 heavy (non-hydrogen) atoms. The van der Waals surface area contributed by atoms with Crippen LogP contribution in [0.3, 0.4) is 0 Å². The van der Waals surface area contributed by atoms with Crippen molar-refractivity contribution < 1.29 is 14.3 Å². The number of β-lactam (4-membered cyclic amide) rings is 1. The first kappa shape index (κ1) is 23.6. The highest BCUT2D eigenvalue weighted by Gasteiger charge is 2.53. The summed E-state index contributed by atoms with van der Waals surface area (Å²) >= 11 is 0. The number of carbonyl (C=O) groups excluding carboxylic acids is 2. The predicted octanol–water partition coefficient (Wildman–Crippen LogP) is 5.73. The number of amides is 2. The number of hydrogen-bond donors (Lipinski definition) is 1. The molecule has 3 aromatic rings. The Balaban J connectivity index is 1.54. The summed E-state index contributed by atoms with van der Waals surface area (Å²) in [7, 11) is 0. The SMILES string of the molecule is CCC(C)[C@H](NC(=O)OCc1ccccc1)[C@@H]1C(=O)N(Cc2ccccc2)[C@H]1c1ccccc1. The maximum Gasteiger partial charge on any atom is 0.407 e. The summed E-state index contributed by atoms with van der Waals surface area (Å²) in [5, 5.41) is 3.05. The molecular weight excluding hydrogens is 424 g/mol. The number of benzene rings is 3. The van der Waals surface area contributed by atoms with Crippen LogP contribution in [-0.4, -0.2) is 22.9 Å². The molecule has 4 atom stereocenters. The lowest BCUT2D eigenvalue weighted by molar-refractivity contribution is -0.161. The number of rotatable bonds is 9. The molecule has 3 aromatic carbocycles. The maximum absolute atomic E-state index is 13.5. The van der Waals surface area contributed by atoms with E-state index in [0.717, 1.165) is 23.1 Å². The lowest BCUT2D eigenvalue weighted by atomic mass is 9.73. The van der Waals surface area contributed by atoms with Gasteiger partial charge in [0.2, 0.25) is 5.91 Å². The van der Waals surface area contributed by atoms with Gasteiger partial charge in [-0.25, -0.2) is 4.79 Å². The zero-order chi connectivity index (χ0) is 23.9. The van der Waals surface area contributed by atoms with E-state index >= 15 is 0 Å². The molecule has 1 aliphatic rings. The van der Waals surface area contributed by atoms with Crippen LogP contribution in [0.1, 0.15) is 43.0 Å². The van der Waals surface area contributed by atoms with Gasteiger partial charge in [0.1, 0.15) is 6.61 Å². The van der Waals surface area contributed by atoms with E-state index in [1.165, 1.54) is 0 Å². The highest BCUT2D eigenvalue weighted by Crippen LogP contribution is 2.44. The van der Waals surface area contributed by atoms with E-state index in [2.05, 4.69) is 31.3 Å². The van der Waals surface area contributed by atoms with Crippen LogP contribution in [0.25, 0.3) is 0 Å². The minimum absolute atomic E-state index is 0.0614. The van der Waals surface area contributed by atoms with Gasteiger partial charge in [0.25, 0.3) is 0 Å². The van der Waals surface area contributed by atoms with Crippen LogP contribution < -0.4 is 5.32 Å². The van der Waals surface area contributed by atoms with Crippen LogP contribution in [0.5, 0.6) is 0 Å². The number of alkyl carbamates (subject to hydrolysis) is 1. The summed E-state index contributed by atoms with van der Waals surface area (Å²) in [4.78, 5) is 28.2. The molecule has 176 valence electrons. The molecule has 2 amide bonds. The van der Waals surface area contributed by atoms with Crippen LogP contribution in [0.4, 0.5) is 4.79 Å².